The molecule has 0 unspecified atom stereocenters. The lowest BCUT2D eigenvalue weighted by atomic mass is 9.90. The number of methoxy groups -OCH3 is 3. The quantitative estimate of drug-likeness (QED) is 0.872. The topological polar surface area (TPSA) is 54.0 Å². The van der Waals surface area contributed by atoms with Crippen molar-refractivity contribution in [1.82, 2.24) is 0 Å². The molecule has 0 aliphatic carbocycles. The van der Waals surface area contributed by atoms with Crippen molar-refractivity contribution < 1.29 is 23.7 Å². The van der Waals surface area contributed by atoms with E-state index in [9.17, 15) is 4.79 Å². The van der Waals surface area contributed by atoms with Crippen molar-refractivity contribution in [1.29, 1.82) is 0 Å². The Morgan fingerprint density at radius 2 is 1.82 bits per heavy atom. The van der Waals surface area contributed by atoms with E-state index in [4.69, 9.17) is 18.9 Å². The molecule has 0 radical (unpaired) electrons. The van der Waals surface area contributed by atoms with Gasteiger partial charge in [0.15, 0.2) is 5.78 Å². The van der Waals surface area contributed by atoms with E-state index in [0.29, 0.717) is 28.4 Å². The van der Waals surface area contributed by atoms with Crippen molar-refractivity contribution in [2.45, 2.75) is 13.0 Å². The molecule has 0 bridgehead atoms. The SMILES string of the molecule is COc1c2c(c(OC)c3c(OC)cccc13)[C@@H](C)OCC2=O. The predicted molar refractivity (Wildman–Crippen MR) is 82.3 cm³/mol. The van der Waals surface area contributed by atoms with E-state index in [2.05, 4.69) is 0 Å². The van der Waals surface area contributed by atoms with Gasteiger partial charge in [-0.2, -0.15) is 0 Å². The number of hydrogen-bond donors (Lipinski definition) is 0. The van der Waals surface area contributed by atoms with Gasteiger partial charge in [0, 0.05) is 10.9 Å². The molecule has 22 heavy (non-hydrogen) atoms. The first-order valence-electron chi connectivity index (χ1n) is 7.03. The van der Waals surface area contributed by atoms with Crippen LogP contribution in [0, 0.1) is 0 Å². The molecule has 0 saturated heterocycles. The molecule has 1 atom stereocenters. The lowest BCUT2D eigenvalue weighted by Crippen LogP contribution is -2.23. The van der Waals surface area contributed by atoms with Crippen LogP contribution < -0.4 is 14.2 Å². The van der Waals surface area contributed by atoms with E-state index < -0.39 is 0 Å². The second-order valence-corrected chi connectivity index (χ2v) is 5.11. The number of ketones is 1. The molecule has 116 valence electrons. The minimum Gasteiger partial charge on any atom is -0.496 e. The van der Waals surface area contributed by atoms with Crippen molar-refractivity contribution in [2.24, 2.45) is 0 Å². The third kappa shape index (κ3) is 1.93. The molecule has 3 rings (SSSR count). The highest BCUT2D eigenvalue weighted by Gasteiger charge is 2.33. The van der Waals surface area contributed by atoms with Crippen molar-refractivity contribution >= 4 is 16.6 Å². The minimum absolute atomic E-state index is 0.0448. The van der Waals surface area contributed by atoms with E-state index in [0.717, 1.165) is 10.8 Å². The van der Waals surface area contributed by atoms with Crippen LogP contribution in [-0.4, -0.2) is 33.7 Å². The smallest absolute Gasteiger partial charge is 0.192 e. The maximum atomic E-state index is 12.4. The highest BCUT2D eigenvalue weighted by atomic mass is 16.5. The molecule has 1 heterocycles. The van der Waals surface area contributed by atoms with Crippen LogP contribution >= 0.6 is 0 Å². The van der Waals surface area contributed by atoms with Crippen molar-refractivity contribution in [3.05, 3.63) is 29.3 Å². The van der Waals surface area contributed by atoms with Crippen LogP contribution in [0.25, 0.3) is 10.8 Å². The summed E-state index contributed by atoms with van der Waals surface area (Å²) in [6.07, 6.45) is -0.258. The number of benzene rings is 2. The molecule has 0 saturated carbocycles. The molecule has 0 spiro atoms. The third-order valence-corrected chi connectivity index (χ3v) is 4.02. The first-order valence-corrected chi connectivity index (χ1v) is 7.03. The lowest BCUT2D eigenvalue weighted by Gasteiger charge is -2.28. The number of carbonyl (C=O) groups excluding carboxylic acids is 1. The average molecular weight is 302 g/mol. The highest BCUT2D eigenvalue weighted by Crippen LogP contribution is 2.48. The average Bonchev–Trinajstić information content (AvgIpc) is 2.55. The summed E-state index contributed by atoms with van der Waals surface area (Å²) in [6.45, 7) is 1.94. The Morgan fingerprint density at radius 3 is 2.45 bits per heavy atom. The lowest BCUT2D eigenvalue weighted by molar-refractivity contribution is 0.0421. The molecule has 1 aliphatic heterocycles. The van der Waals surface area contributed by atoms with Crippen LogP contribution in [0.5, 0.6) is 17.2 Å². The summed E-state index contributed by atoms with van der Waals surface area (Å²) in [5, 5.41) is 1.58. The Morgan fingerprint density at radius 1 is 1.09 bits per heavy atom. The largest absolute Gasteiger partial charge is 0.496 e. The summed E-state index contributed by atoms with van der Waals surface area (Å²) in [4.78, 5) is 12.4. The van der Waals surface area contributed by atoms with Crippen molar-refractivity contribution in [2.75, 3.05) is 27.9 Å². The van der Waals surface area contributed by atoms with Gasteiger partial charge in [-0.1, -0.05) is 12.1 Å². The minimum atomic E-state index is -0.258. The van der Waals surface area contributed by atoms with Gasteiger partial charge in [0.2, 0.25) is 0 Å². The van der Waals surface area contributed by atoms with E-state index in [1.54, 1.807) is 21.3 Å². The third-order valence-electron chi connectivity index (χ3n) is 4.02. The molecular weight excluding hydrogens is 284 g/mol. The van der Waals surface area contributed by atoms with Crippen LogP contribution in [0.1, 0.15) is 28.9 Å². The Labute approximate surface area is 128 Å². The molecule has 0 aromatic heterocycles. The molecule has 5 nitrogen and oxygen atoms in total. The van der Waals surface area contributed by atoms with Gasteiger partial charge in [-0.15, -0.1) is 0 Å². The number of fused-ring (bicyclic) bond motifs is 2. The van der Waals surface area contributed by atoms with Gasteiger partial charge < -0.3 is 18.9 Å². The van der Waals surface area contributed by atoms with Crippen LogP contribution in [0.2, 0.25) is 0 Å². The van der Waals surface area contributed by atoms with Crippen LogP contribution in [-0.2, 0) is 4.74 Å². The first-order chi connectivity index (χ1) is 10.6. The standard InChI is InChI=1S/C17H18O5/c1-9-13-15(11(18)8-22-9)16(20-3)10-6-5-7-12(19-2)14(10)17(13)21-4/h5-7,9H,8H2,1-4H3/t9-/m1/s1. The van der Waals surface area contributed by atoms with Crippen LogP contribution in [0.4, 0.5) is 0 Å². The van der Waals surface area contributed by atoms with Crippen molar-refractivity contribution in [3.8, 4) is 17.2 Å². The maximum Gasteiger partial charge on any atom is 0.192 e. The predicted octanol–water partition coefficient (Wildman–Crippen LogP) is 3.14. The Balaban J connectivity index is 2.54. The van der Waals surface area contributed by atoms with Gasteiger partial charge in [-0.05, 0) is 13.0 Å². The molecule has 0 fully saturated rings. The Hall–Kier alpha value is -2.27. The molecular formula is C17H18O5. The second-order valence-electron chi connectivity index (χ2n) is 5.11. The fourth-order valence-electron chi connectivity index (χ4n) is 3.07. The Bertz CT molecular complexity index is 751. The van der Waals surface area contributed by atoms with E-state index >= 15 is 0 Å². The van der Waals surface area contributed by atoms with Gasteiger partial charge in [-0.3, -0.25) is 4.79 Å². The summed E-state index contributed by atoms with van der Waals surface area (Å²) in [7, 11) is 4.75. The summed E-state index contributed by atoms with van der Waals surface area (Å²) in [5.74, 6) is 1.71. The van der Waals surface area contributed by atoms with E-state index in [1.807, 2.05) is 25.1 Å². The number of Topliss-reactive ketones (excluding diaryl/α,β-unsaturated/α-hetero) is 1. The highest BCUT2D eigenvalue weighted by molar-refractivity contribution is 6.11. The van der Waals surface area contributed by atoms with Gasteiger partial charge in [-0.25, -0.2) is 0 Å². The molecule has 1 aliphatic rings. The zero-order valence-electron chi connectivity index (χ0n) is 13.1. The summed E-state index contributed by atoms with van der Waals surface area (Å²) in [6, 6.07) is 5.61. The van der Waals surface area contributed by atoms with Gasteiger partial charge in [0.1, 0.15) is 23.9 Å². The zero-order valence-corrected chi connectivity index (χ0v) is 13.1. The van der Waals surface area contributed by atoms with Crippen molar-refractivity contribution in [3.63, 3.8) is 0 Å². The summed E-state index contributed by atoms with van der Waals surface area (Å²) >= 11 is 0. The fourth-order valence-corrected chi connectivity index (χ4v) is 3.07. The maximum absolute atomic E-state index is 12.4. The number of rotatable bonds is 3. The molecule has 0 N–H and O–H groups in total. The number of ether oxygens (including phenoxy) is 4. The fraction of sp³-hybridized carbons (Fsp3) is 0.353. The first kappa shape index (κ1) is 14.7. The molecule has 2 aromatic rings. The molecule has 5 heteroatoms. The monoisotopic (exact) mass is 302 g/mol. The van der Waals surface area contributed by atoms with E-state index in [1.165, 1.54) is 0 Å². The number of carbonyl (C=O) groups is 1. The van der Waals surface area contributed by atoms with E-state index in [-0.39, 0.29) is 18.5 Å². The summed E-state index contributed by atoms with van der Waals surface area (Å²) in [5.41, 5.74) is 1.26. The summed E-state index contributed by atoms with van der Waals surface area (Å²) < 4.78 is 22.2. The normalized spacial score (nSPS) is 17.3. The van der Waals surface area contributed by atoms with Gasteiger partial charge >= 0.3 is 0 Å². The second kappa shape index (κ2) is 5.50. The van der Waals surface area contributed by atoms with Gasteiger partial charge in [0.05, 0.1) is 38.4 Å². The molecule has 0 amide bonds. The van der Waals surface area contributed by atoms with Crippen LogP contribution in [0.3, 0.4) is 0 Å². The van der Waals surface area contributed by atoms with Gasteiger partial charge in [0.25, 0.3) is 0 Å². The Kier molecular flexibility index (Phi) is 3.66. The molecule has 2 aromatic carbocycles. The zero-order chi connectivity index (χ0) is 15.9. The number of hydrogen-bond acceptors (Lipinski definition) is 5. The van der Waals surface area contributed by atoms with Crippen LogP contribution in [0.15, 0.2) is 18.2 Å².